The Bertz CT molecular complexity index is 1050. The summed E-state index contributed by atoms with van der Waals surface area (Å²) in [7, 11) is 0. The largest absolute Gasteiger partial charge is 0.351 e. The number of halogens is 2. The Hall–Kier alpha value is -3.55. The highest BCUT2D eigenvalue weighted by atomic mass is 19.1. The molecule has 31 heavy (non-hydrogen) atoms. The van der Waals surface area contributed by atoms with Gasteiger partial charge in [-0.2, -0.15) is 5.10 Å². The summed E-state index contributed by atoms with van der Waals surface area (Å²) >= 11 is 0. The van der Waals surface area contributed by atoms with E-state index in [0.29, 0.717) is 5.56 Å². The summed E-state index contributed by atoms with van der Waals surface area (Å²) in [5, 5.41) is 9.36. The molecule has 160 valence electrons. The number of hydrogen-bond acceptors (Lipinski definition) is 3. The quantitative estimate of drug-likeness (QED) is 0.625. The zero-order chi connectivity index (χ0) is 21.8. The second-order valence-corrected chi connectivity index (χ2v) is 7.54. The number of carbonyl (C=O) groups excluding carboxylic acids is 2. The molecular formula is C23H22F2N4O2. The SMILES string of the molecule is O=C(NC1CCCC1)[C@@H](c1ccc(F)cc1)N(C(=O)c1ccn[nH]1)c1ccccc1F. The van der Waals surface area contributed by atoms with Crippen molar-refractivity contribution in [2.75, 3.05) is 4.90 Å². The van der Waals surface area contributed by atoms with Gasteiger partial charge in [0.15, 0.2) is 0 Å². The van der Waals surface area contributed by atoms with E-state index >= 15 is 0 Å². The lowest BCUT2D eigenvalue weighted by Crippen LogP contribution is -2.46. The molecule has 0 radical (unpaired) electrons. The molecule has 4 rings (SSSR count). The third-order valence-corrected chi connectivity index (χ3v) is 5.46. The van der Waals surface area contributed by atoms with Gasteiger partial charge in [-0.15, -0.1) is 0 Å². The molecule has 1 saturated carbocycles. The molecule has 0 aliphatic heterocycles. The first-order valence-electron chi connectivity index (χ1n) is 10.2. The minimum atomic E-state index is -1.20. The average Bonchev–Trinajstić information content (AvgIpc) is 3.47. The molecule has 2 aromatic carbocycles. The second kappa shape index (κ2) is 9.07. The summed E-state index contributed by atoms with van der Waals surface area (Å²) in [5.74, 6) is -2.21. The van der Waals surface area contributed by atoms with Gasteiger partial charge in [0.1, 0.15) is 23.4 Å². The van der Waals surface area contributed by atoms with Gasteiger partial charge in [-0.1, -0.05) is 37.1 Å². The Labute approximate surface area is 178 Å². The van der Waals surface area contributed by atoms with Crippen molar-refractivity contribution in [3.05, 3.63) is 83.7 Å². The maximum atomic E-state index is 14.8. The Morgan fingerprint density at radius 2 is 1.74 bits per heavy atom. The molecule has 8 heteroatoms. The van der Waals surface area contributed by atoms with Crippen LogP contribution in [-0.4, -0.2) is 28.1 Å². The van der Waals surface area contributed by atoms with Gasteiger partial charge in [0.25, 0.3) is 5.91 Å². The predicted octanol–water partition coefficient (Wildman–Crippen LogP) is 4.13. The number of amides is 2. The molecule has 3 aromatic rings. The van der Waals surface area contributed by atoms with Gasteiger partial charge < -0.3 is 5.32 Å². The third-order valence-electron chi connectivity index (χ3n) is 5.46. The van der Waals surface area contributed by atoms with Crippen molar-refractivity contribution in [3.8, 4) is 0 Å². The third kappa shape index (κ3) is 4.47. The monoisotopic (exact) mass is 424 g/mol. The van der Waals surface area contributed by atoms with Crippen LogP contribution in [0.4, 0.5) is 14.5 Å². The summed E-state index contributed by atoms with van der Waals surface area (Å²) in [6.07, 6.45) is 5.11. The Balaban J connectivity index is 1.82. The van der Waals surface area contributed by atoms with E-state index in [9.17, 15) is 18.4 Å². The van der Waals surface area contributed by atoms with Gasteiger partial charge in [0, 0.05) is 12.2 Å². The maximum Gasteiger partial charge on any atom is 0.277 e. The predicted molar refractivity (Wildman–Crippen MR) is 111 cm³/mol. The van der Waals surface area contributed by atoms with Gasteiger partial charge >= 0.3 is 0 Å². The van der Waals surface area contributed by atoms with Crippen LogP contribution in [0.2, 0.25) is 0 Å². The Kier molecular flexibility index (Phi) is 6.06. The number of aromatic amines is 1. The Morgan fingerprint density at radius 1 is 1.03 bits per heavy atom. The number of carbonyl (C=O) groups is 2. The van der Waals surface area contributed by atoms with Crippen LogP contribution in [0.25, 0.3) is 0 Å². The number of rotatable bonds is 6. The molecule has 0 bridgehead atoms. The molecule has 1 fully saturated rings. The summed E-state index contributed by atoms with van der Waals surface area (Å²) in [5.41, 5.74) is 0.412. The lowest BCUT2D eigenvalue weighted by molar-refractivity contribution is -0.123. The molecule has 0 unspecified atom stereocenters. The van der Waals surface area contributed by atoms with Crippen LogP contribution >= 0.6 is 0 Å². The van der Waals surface area contributed by atoms with Crippen LogP contribution in [0.15, 0.2) is 60.8 Å². The first kappa shape index (κ1) is 20.7. The Morgan fingerprint density at radius 3 is 2.39 bits per heavy atom. The van der Waals surface area contributed by atoms with Crippen molar-refractivity contribution in [2.45, 2.75) is 37.8 Å². The van der Waals surface area contributed by atoms with Crippen LogP contribution in [0.5, 0.6) is 0 Å². The number of H-pyrrole nitrogens is 1. The zero-order valence-corrected chi connectivity index (χ0v) is 16.7. The fourth-order valence-electron chi connectivity index (χ4n) is 3.93. The van der Waals surface area contributed by atoms with Crippen LogP contribution in [0.1, 0.15) is 47.8 Å². The van der Waals surface area contributed by atoms with Crippen LogP contribution in [0.3, 0.4) is 0 Å². The van der Waals surface area contributed by atoms with Crippen molar-refractivity contribution >= 4 is 17.5 Å². The van der Waals surface area contributed by atoms with Crippen LogP contribution in [0, 0.1) is 11.6 Å². The normalized spacial score (nSPS) is 14.9. The second-order valence-electron chi connectivity index (χ2n) is 7.54. The number of nitrogens with zero attached hydrogens (tertiary/aromatic N) is 2. The van der Waals surface area contributed by atoms with Gasteiger partial charge in [-0.05, 0) is 48.7 Å². The lowest BCUT2D eigenvalue weighted by atomic mass is 10.0. The van der Waals surface area contributed by atoms with Crippen LogP contribution in [-0.2, 0) is 4.79 Å². The topological polar surface area (TPSA) is 78.1 Å². The van der Waals surface area contributed by atoms with E-state index in [1.165, 1.54) is 54.7 Å². The summed E-state index contributed by atoms with van der Waals surface area (Å²) in [6, 6.07) is 11.3. The first-order chi connectivity index (χ1) is 15.0. The van der Waals surface area contributed by atoms with E-state index in [1.807, 2.05) is 0 Å². The van der Waals surface area contributed by atoms with E-state index < -0.39 is 29.5 Å². The van der Waals surface area contributed by atoms with Crippen molar-refractivity contribution in [3.63, 3.8) is 0 Å². The van der Waals surface area contributed by atoms with E-state index in [4.69, 9.17) is 0 Å². The number of para-hydroxylation sites is 1. The zero-order valence-electron chi connectivity index (χ0n) is 16.7. The van der Waals surface area contributed by atoms with E-state index in [2.05, 4.69) is 15.5 Å². The summed E-state index contributed by atoms with van der Waals surface area (Å²) < 4.78 is 28.4. The fourth-order valence-corrected chi connectivity index (χ4v) is 3.93. The standard InChI is InChI=1S/C23H22F2N4O2/c24-16-11-9-15(10-12-16)21(22(30)27-17-5-1-2-6-17)29(20-8-4-3-7-18(20)25)23(31)19-13-14-26-28-19/h3-4,7-14,17,21H,1-2,5-6H2,(H,26,28)(H,27,30)/t21-/m1/s1. The smallest absolute Gasteiger partial charge is 0.277 e. The molecule has 1 atom stereocenters. The minimum absolute atomic E-state index is 0.0137. The summed E-state index contributed by atoms with van der Waals surface area (Å²) in [4.78, 5) is 28.0. The molecule has 1 aliphatic carbocycles. The van der Waals surface area contributed by atoms with E-state index in [-0.39, 0.29) is 17.4 Å². The fraction of sp³-hybridized carbons (Fsp3) is 0.261. The molecular weight excluding hydrogens is 402 g/mol. The number of aromatic nitrogens is 2. The van der Waals surface area contributed by atoms with Gasteiger partial charge in [0.2, 0.25) is 5.91 Å². The first-order valence-corrected chi connectivity index (χ1v) is 10.2. The van der Waals surface area contributed by atoms with Crippen molar-refractivity contribution in [2.24, 2.45) is 0 Å². The highest BCUT2D eigenvalue weighted by Gasteiger charge is 2.36. The minimum Gasteiger partial charge on any atom is -0.351 e. The molecule has 2 N–H and O–H groups in total. The maximum absolute atomic E-state index is 14.8. The molecule has 1 aliphatic rings. The lowest BCUT2D eigenvalue weighted by Gasteiger charge is -2.32. The number of nitrogens with one attached hydrogen (secondary N) is 2. The molecule has 0 spiro atoms. The average molecular weight is 424 g/mol. The molecule has 6 nitrogen and oxygen atoms in total. The van der Waals surface area contributed by atoms with E-state index in [0.717, 1.165) is 30.6 Å². The highest BCUT2D eigenvalue weighted by molar-refractivity contribution is 6.09. The van der Waals surface area contributed by atoms with Crippen LogP contribution < -0.4 is 10.2 Å². The number of benzene rings is 2. The van der Waals surface area contributed by atoms with Crippen molar-refractivity contribution < 1.29 is 18.4 Å². The number of anilines is 1. The van der Waals surface area contributed by atoms with Gasteiger partial charge in [0.05, 0.1) is 5.69 Å². The number of hydrogen-bond donors (Lipinski definition) is 2. The molecule has 1 aromatic heterocycles. The molecule has 2 amide bonds. The molecule has 0 saturated heterocycles. The summed E-state index contributed by atoms with van der Waals surface area (Å²) in [6.45, 7) is 0. The van der Waals surface area contributed by atoms with Gasteiger partial charge in [-0.25, -0.2) is 8.78 Å². The molecule has 1 heterocycles. The van der Waals surface area contributed by atoms with E-state index in [1.54, 1.807) is 6.07 Å². The van der Waals surface area contributed by atoms with Gasteiger partial charge in [-0.3, -0.25) is 19.6 Å². The van der Waals surface area contributed by atoms with Crippen molar-refractivity contribution in [1.82, 2.24) is 15.5 Å². The van der Waals surface area contributed by atoms with Crippen molar-refractivity contribution in [1.29, 1.82) is 0 Å². The highest BCUT2D eigenvalue weighted by Crippen LogP contribution is 2.32.